The average Bonchev–Trinajstić information content (AvgIpc) is 3.49. The Hall–Kier alpha value is -3.06. The van der Waals surface area contributed by atoms with E-state index in [4.69, 9.17) is 10.7 Å². The van der Waals surface area contributed by atoms with Crippen molar-refractivity contribution in [3.63, 3.8) is 0 Å². The lowest BCUT2D eigenvalue weighted by molar-refractivity contribution is -0.116. The van der Waals surface area contributed by atoms with E-state index < -0.39 is 0 Å². The van der Waals surface area contributed by atoms with Crippen LogP contribution in [0.2, 0.25) is 0 Å². The van der Waals surface area contributed by atoms with Crippen LogP contribution in [0.15, 0.2) is 36.4 Å². The first kappa shape index (κ1) is 21.5. The van der Waals surface area contributed by atoms with Crippen molar-refractivity contribution >= 4 is 34.0 Å². The fraction of sp³-hybridized carbons (Fsp3) is 0.481. The molecule has 3 heterocycles. The highest BCUT2D eigenvalue weighted by atomic mass is 16.2. The van der Waals surface area contributed by atoms with Gasteiger partial charge >= 0.3 is 0 Å². The molecule has 34 heavy (non-hydrogen) atoms. The molecule has 2 fully saturated rings. The fourth-order valence-corrected chi connectivity index (χ4v) is 6.40. The summed E-state index contributed by atoms with van der Waals surface area (Å²) in [5.74, 6) is 0.803. The minimum atomic E-state index is -0.0679. The molecule has 0 spiro atoms. The normalized spacial score (nSPS) is 21.6. The first-order valence-corrected chi connectivity index (χ1v) is 12.4. The molecule has 2 aliphatic heterocycles. The third kappa shape index (κ3) is 3.54. The molecule has 6 rings (SSSR count). The largest absolute Gasteiger partial charge is 0.382 e. The van der Waals surface area contributed by atoms with Crippen molar-refractivity contribution in [1.82, 2.24) is 9.55 Å². The van der Waals surface area contributed by atoms with Crippen LogP contribution in [0, 0.1) is 0 Å². The number of carbonyl (C=O) groups is 1. The molecule has 0 atom stereocenters. The third-order valence-electron chi connectivity index (χ3n) is 7.51. The average molecular weight is 459 g/mol. The standard InChI is InChI=1S/C27H34N6O/c1-26(2)13-16(28)14-27(3,4)33(26)19-8-10-23-22(12-19)31-25-20-11-18(29-17-5-6-17)7-9-21(20)30-24(34)15-32(23)25/h7-12,16-17,29H,5-6,13-15,28H2,1-4H3,(H,30,34). The fourth-order valence-electron chi connectivity index (χ4n) is 6.40. The topological polar surface area (TPSA) is 88.2 Å². The summed E-state index contributed by atoms with van der Waals surface area (Å²) in [6, 6.07) is 13.4. The zero-order valence-corrected chi connectivity index (χ0v) is 20.5. The first-order chi connectivity index (χ1) is 16.1. The molecular weight excluding hydrogens is 424 g/mol. The van der Waals surface area contributed by atoms with Gasteiger partial charge in [0, 0.05) is 40.1 Å². The van der Waals surface area contributed by atoms with Gasteiger partial charge in [0.15, 0.2) is 0 Å². The van der Waals surface area contributed by atoms with Gasteiger partial charge in [-0.25, -0.2) is 4.98 Å². The summed E-state index contributed by atoms with van der Waals surface area (Å²) in [6.45, 7) is 9.34. The summed E-state index contributed by atoms with van der Waals surface area (Å²) in [7, 11) is 0. The van der Waals surface area contributed by atoms with Gasteiger partial charge in [-0.2, -0.15) is 0 Å². The third-order valence-corrected chi connectivity index (χ3v) is 7.51. The number of benzene rings is 2. The number of nitrogens with one attached hydrogen (secondary N) is 2. The van der Waals surface area contributed by atoms with Crippen molar-refractivity contribution in [2.24, 2.45) is 5.73 Å². The smallest absolute Gasteiger partial charge is 0.244 e. The number of rotatable bonds is 3. The number of amides is 1. The minimum absolute atomic E-state index is 0.0291. The number of nitrogens with two attached hydrogens (primary N) is 1. The van der Waals surface area contributed by atoms with E-state index in [1.54, 1.807) is 0 Å². The summed E-state index contributed by atoms with van der Waals surface area (Å²) >= 11 is 0. The highest BCUT2D eigenvalue weighted by molar-refractivity contribution is 6.00. The lowest BCUT2D eigenvalue weighted by atomic mass is 9.77. The predicted molar refractivity (Wildman–Crippen MR) is 138 cm³/mol. The molecule has 178 valence electrons. The van der Waals surface area contributed by atoms with Crippen molar-refractivity contribution in [2.75, 3.05) is 15.5 Å². The number of piperidine rings is 1. The SMILES string of the molecule is CC1(C)CC(N)CC(C)(C)N1c1ccc2c(c1)nc1n2CC(=O)Nc2ccc(NC3CC3)cc2-1. The Morgan fingerprint density at radius 1 is 1.06 bits per heavy atom. The number of hydrogen-bond donors (Lipinski definition) is 3. The molecular formula is C27H34N6O. The molecule has 0 unspecified atom stereocenters. The van der Waals surface area contributed by atoms with E-state index in [0.717, 1.165) is 52.3 Å². The highest BCUT2D eigenvalue weighted by Crippen LogP contribution is 2.43. The van der Waals surface area contributed by atoms with Crippen LogP contribution in [0.4, 0.5) is 17.1 Å². The van der Waals surface area contributed by atoms with Crippen LogP contribution in [0.5, 0.6) is 0 Å². The van der Waals surface area contributed by atoms with Crippen LogP contribution in [0.25, 0.3) is 22.4 Å². The zero-order valence-electron chi connectivity index (χ0n) is 20.5. The maximum Gasteiger partial charge on any atom is 0.244 e. The van der Waals surface area contributed by atoms with Crippen molar-refractivity contribution in [2.45, 2.75) is 83.1 Å². The van der Waals surface area contributed by atoms with E-state index in [-0.39, 0.29) is 29.6 Å². The van der Waals surface area contributed by atoms with E-state index in [1.807, 2.05) is 16.7 Å². The van der Waals surface area contributed by atoms with Gasteiger partial charge in [0.1, 0.15) is 12.4 Å². The predicted octanol–water partition coefficient (Wildman–Crippen LogP) is 4.71. The second-order valence-corrected chi connectivity index (χ2v) is 11.6. The summed E-state index contributed by atoms with van der Waals surface area (Å²) in [5.41, 5.74) is 12.2. The van der Waals surface area contributed by atoms with Gasteiger partial charge in [0.25, 0.3) is 0 Å². The number of carbonyl (C=O) groups excluding carboxylic acids is 1. The molecule has 3 aliphatic rings. The van der Waals surface area contributed by atoms with Crippen LogP contribution in [0.3, 0.4) is 0 Å². The Morgan fingerprint density at radius 2 is 1.79 bits per heavy atom. The first-order valence-electron chi connectivity index (χ1n) is 12.4. The Morgan fingerprint density at radius 3 is 2.50 bits per heavy atom. The van der Waals surface area contributed by atoms with Gasteiger partial charge in [-0.3, -0.25) is 4.79 Å². The molecule has 1 saturated heterocycles. The molecule has 0 radical (unpaired) electrons. The summed E-state index contributed by atoms with van der Waals surface area (Å²) in [6.07, 6.45) is 4.31. The van der Waals surface area contributed by atoms with E-state index in [2.05, 4.69) is 67.5 Å². The van der Waals surface area contributed by atoms with Crippen LogP contribution >= 0.6 is 0 Å². The highest BCUT2D eigenvalue weighted by Gasteiger charge is 2.44. The number of fused-ring (bicyclic) bond motifs is 5. The number of nitrogens with zero attached hydrogens (tertiary/aromatic N) is 3. The Balaban J connectivity index is 1.47. The Kier molecular flexibility index (Phi) is 4.56. The maximum absolute atomic E-state index is 12.7. The lowest BCUT2D eigenvalue weighted by Crippen LogP contribution is -2.63. The molecule has 4 N–H and O–H groups in total. The van der Waals surface area contributed by atoms with Crippen LogP contribution in [-0.4, -0.2) is 38.6 Å². The van der Waals surface area contributed by atoms with Gasteiger partial charge in [0.2, 0.25) is 5.91 Å². The summed E-state index contributed by atoms with van der Waals surface area (Å²) in [5, 5.41) is 6.63. The van der Waals surface area contributed by atoms with Crippen LogP contribution < -0.4 is 21.3 Å². The second kappa shape index (κ2) is 7.22. The van der Waals surface area contributed by atoms with Gasteiger partial charge in [0.05, 0.1) is 16.7 Å². The molecule has 1 amide bonds. The molecule has 7 nitrogen and oxygen atoms in total. The quantitative estimate of drug-likeness (QED) is 0.529. The number of anilines is 3. The molecule has 1 aliphatic carbocycles. The van der Waals surface area contributed by atoms with Crippen LogP contribution in [-0.2, 0) is 11.3 Å². The number of hydrogen-bond acceptors (Lipinski definition) is 5. The van der Waals surface area contributed by atoms with E-state index >= 15 is 0 Å². The van der Waals surface area contributed by atoms with E-state index in [9.17, 15) is 4.79 Å². The summed E-state index contributed by atoms with van der Waals surface area (Å²) in [4.78, 5) is 20.3. The minimum Gasteiger partial charge on any atom is -0.382 e. The maximum atomic E-state index is 12.7. The monoisotopic (exact) mass is 458 g/mol. The van der Waals surface area contributed by atoms with E-state index in [0.29, 0.717) is 6.04 Å². The summed E-state index contributed by atoms with van der Waals surface area (Å²) < 4.78 is 2.05. The molecule has 1 aromatic heterocycles. The molecule has 1 saturated carbocycles. The Bertz CT molecular complexity index is 1280. The molecule has 0 bridgehead atoms. The second-order valence-electron chi connectivity index (χ2n) is 11.6. The van der Waals surface area contributed by atoms with Gasteiger partial charge in [-0.15, -0.1) is 0 Å². The van der Waals surface area contributed by atoms with Gasteiger partial charge < -0.3 is 25.8 Å². The van der Waals surface area contributed by atoms with Crippen LogP contribution in [0.1, 0.15) is 53.4 Å². The number of aromatic nitrogens is 2. The van der Waals surface area contributed by atoms with Crippen molar-refractivity contribution in [1.29, 1.82) is 0 Å². The van der Waals surface area contributed by atoms with Crippen molar-refractivity contribution in [3.8, 4) is 11.4 Å². The molecule has 7 heteroatoms. The van der Waals surface area contributed by atoms with E-state index in [1.165, 1.54) is 12.8 Å². The lowest BCUT2D eigenvalue weighted by Gasteiger charge is -2.56. The molecule has 3 aromatic rings. The van der Waals surface area contributed by atoms with Gasteiger partial charge in [-0.1, -0.05) is 0 Å². The van der Waals surface area contributed by atoms with Crippen molar-refractivity contribution in [3.05, 3.63) is 36.4 Å². The Labute approximate surface area is 200 Å². The van der Waals surface area contributed by atoms with Crippen molar-refractivity contribution < 1.29 is 4.79 Å². The zero-order chi connectivity index (χ0) is 23.8. The van der Waals surface area contributed by atoms with Gasteiger partial charge in [-0.05, 0) is 89.8 Å². The number of imidazole rings is 1. The molecule has 2 aromatic carbocycles.